The van der Waals surface area contributed by atoms with Crippen LogP contribution in [0.4, 0.5) is 51.6 Å². The first-order valence-electron chi connectivity index (χ1n) is 41.6. The molecule has 1 aliphatic carbocycles. The van der Waals surface area contributed by atoms with Crippen LogP contribution in [-0.4, -0.2) is 201 Å². The van der Waals surface area contributed by atoms with Crippen LogP contribution in [0.5, 0.6) is 0 Å². The van der Waals surface area contributed by atoms with Crippen molar-refractivity contribution < 1.29 is 28.7 Å². The normalized spacial score (nSPS) is 14.5. The Morgan fingerprint density at radius 3 is 1.22 bits per heavy atom. The number of likely N-dealkylation sites (N-methyl/N-ethyl adjacent to an activating group) is 1. The number of anilines is 9. The molecule has 4 saturated heterocycles. The van der Waals surface area contributed by atoms with E-state index in [0.717, 1.165) is 197 Å². The van der Waals surface area contributed by atoms with Crippen molar-refractivity contribution in [1.82, 2.24) is 85.6 Å². The number of hydrogen-bond acceptors (Lipinski definition) is 23. The number of fused-ring (bicyclic) bond motifs is 4. The molecule has 0 bridgehead atoms. The van der Waals surface area contributed by atoms with E-state index in [9.17, 15) is 24.0 Å². The molecular weight excluding hydrogens is 1580 g/mol. The lowest BCUT2D eigenvalue weighted by molar-refractivity contribution is -0.117. The van der Waals surface area contributed by atoms with Gasteiger partial charge in [-0.05, 0) is 183 Å². The van der Waals surface area contributed by atoms with E-state index in [4.69, 9.17) is 4.74 Å². The number of carbonyl (C=O) groups is 5. The van der Waals surface area contributed by atoms with E-state index in [1.165, 1.54) is 31.9 Å². The zero-order valence-corrected chi connectivity index (χ0v) is 68.4. The topological polar surface area (TPSA) is 389 Å². The van der Waals surface area contributed by atoms with Crippen molar-refractivity contribution in [3.8, 4) is 44.5 Å². The summed E-state index contributed by atoms with van der Waals surface area (Å²) in [5.74, 6) is 1.51. The Morgan fingerprint density at radius 2 is 0.776 bits per heavy atom. The molecule has 0 atom stereocenters. The van der Waals surface area contributed by atoms with Crippen molar-refractivity contribution >= 4 is 125 Å². The largest absolute Gasteiger partial charge is 0.378 e. The van der Waals surface area contributed by atoms with Crippen molar-refractivity contribution in [1.29, 1.82) is 0 Å². The highest BCUT2D eigenvalue weighted by molar-refractivity contribution is 6.15. The van der Waals surface area contributed by atoms with Gasteiger partial charge in [-0.25, -0.2) is 15.0 Å². The molecule has 0 radical (unpaired) electrons. The predicted octanol–water partition coefficient (Wildman–Crippen LogP) is 14.2. The third-order valence-corrected chi connectivity index (χ3v) is 22.5. The van der Waals surface area contributed by atoms with Gasteiger partial charge in [-0.3, -0.25) is 69.3 Å². The van der Waals surface area contributed by atoms with Gasteiger partial charge in [0.05, 0.1) is 94.2 Å². The van der Waals surface area contributed by atoms with Gasteiger partial charge in [-0.2, -0.15) is 20.4 Å². The number of amides is 5. The quantitative estimate of drug-likeness (QED) is 0.0385. The van der Waals surface area contributed by atoms with Crippen LogP contribution >= 0.6 is 0 Å². The molecule has 5 amide bonds. The molecule has 16 aromatic rings. The number of ether oxygens (including phenoxy) is 1. The summed E-state index contributed by atoms with van der Waals surface area (Å²) in [4.78, 5) is 110. The Balaban J connectivity index is 0.000000113. The number of morpholine rings is 1. The summed E-state index contributed by atoms with van der Waals surface area (Å²) in [6.07, 6.45) is 29.1. The van der Waals surface area contributed by atoms with Gasteiger partial charge >= 0.3 is 0 Å². The van der Waals surface area contributed by atoms with E-state index in [0.29, 0.717) is 50.9 Å². The summed E-state index contributed by atoms with van der Waals surface area (Å²) in [7, 11) is 2.11. The van der Waals surface area contributed by atoms with Crippen molar-refractivity contribution in [3.63, 3.8) is 0 Å². The monoisotopic (exact) mass is 1660 g/mol. The molecule has 1 saturated carbocycles. The lowest BCUT2D eigenvalue weighted by Gasteiger charge is -2.34. The third-order valence-electron chi connectivity index (χ3n) is 22.5. The molecule has 0 unspecified atom stereocenters. The first kappa shape index (κ1) is 80.5. The molecule has 16 heterocycles. The minimum absolute atomic E-state index is 0.0389. The highest BCUT2D eigenvalue weighted by Gasteiger charge is 2.31. The van der Waals surface area contributed by atoms with E-state index in [1.54, 1.807) is 68.0 Å². The number of carbonyl (C=O) groups excluding carboxylic acids is 5. The van der Waals surface area contributed by atoms with Crippen LogP contribution in [-0.2, 0) is 9.53 Å². The fraction of sp³-hybridized carbons (Fsp3) is 0.215. The van der Waals surface area contributed by atoms with Crippen molar-refractivity contribution in [2.75, 3.05) is 132 Å². The van der Waals surface area contributed by atoms with Gasteiger partial charge < -0.3 is 55.8 Å². The van der Waals surface area contributed by atoms with Gasteiger partial charge in [0.15, 0.2) is 28.6 Å². The summed E-state index contributed by atoms with van der Waals surface area (Å²) >= 11 is 0. The van der Waals surface area contributed by atoms with Crippen LogP contribution in [0, 0.1) is 5.92 Å². The molecule has 5 aliphatic rings. The maximum absolute atomic E-state index is 13.2. The molecule has 4 aliphatic heterocycles. The number of benzene rings is 4. The predicted molar refractivity (Wildman–Crippen MR) is 483 cm³/mol. The highest BCUT2D eigenvalue weighted by Crippen LogP contribution is 2.36. The maximum atomic E-state index is 13.2. The molecule has 12 aromatic heterocycles. The van der Waals surface area contributed by atoms with Crippen LogP contribution in [0.25, 0.3) is 88.1 Å². The fourth-order valence-electron chi connectivity index (χ4n) is 15.5. The molecule has 125 heavy (non-hydrogen) atoms. The number of nitrogens with zero attached hydrogens (tertiary/aromatic N) is 17. The number of rotatable bonds is 18. The number of hydrogen-bond donors (Lipinski definition) is 9. The van der Waals surface area contributed by atoms with Crippen molar-refractivity contribution in [2.45, 2.75) is 38.5 Å². The Morgan fingerprint density at radius 1 is 0.344 bits per heavy atom. The average Bonchev–Trinajstić information content (AvgIpc) is 1.67. The summed E-state index contributed by atoms with van der Waals surface area (Å²) in [6, 6.07) is 50.2. The second-order valence-electron chi connectivity index (χ2n) is 31.0. The van der Waals surface area contributed by atoms with Crippen LogP contribution in [0.3, 0.4) is 0 Å². The summed E-state index contributed by atoms with van der Waals surface area (Å²) in [5.41, 5.74) is 16.3. The van der Waals surface area contributed by atoms with E-state index in [2.05, 4.69) is 145 Å². The number of aromatic amines is 4. The smallest absolute Gasteiger partial charge is 0.276 e. The second-order valence-corrected chi connectivity index (χ2v) is 31.0. The summed E-state index contributed by atoms with van der Waals surface area (Å²) in [6.45, 7) is 11.0. The molecule has 0 spiro atoms. The van der Waals surface area contributed by atoms with Crippen LogP contribution in [0.15, 0.2) is 238 Å². The third kappa shape index (κ3) is 18.8. The Hall–Kier alpha value is -15.6. The summed E-state index contributed by atoms with van der Waals surface area (Å²) in [5, 5.41) is 46.3. The van der Waals surface area contributed by atoms with Gasteiger partial charge in [-0.15, -0.1) is 0 Å². The molecule has 9 N–H and O–H groups in total. The number of aromatic nitrogens is 16. The van der Waals surface area contributed by atoms with E-state index >= 15 is 0 Å². The number of nitrogens with one attached hydrogen (secondary N) is 9. The van der Waals surface area contributed by atoms with E-state index < -0.39 is 0 Å². The molecule has 32 nitrogen and oxygen atoms in total. The fourth-order valence-corrected chi connectivity index (χ4v) is 15.5. The zero-order chi connectivity index (χ0) is 85.0. The van der Waals surface area contributed by atoms with Crippen molar-refractivity contribution in [3.05, 3.63) is 261 Å². The van der Waals surface area contributed by atoms with E-state index in [-0.39, 0.29) is 41.1 Å². The van der Waals surface area contributed by atoms with Gasteiger partial charge in [-0.1, -0.05) is 42.5 Å². The standard InChI is InChI=1S/C26H27N7O2.C23H23N7O.C22H18N6O2.C22H20N6O/c34-26(29-20-4-6-24(28-16-20)33-7-1-2-8-33)25-22-14-18(3-5-23(22)30-31-25)19-13-21(17-27-15-19)32-9-11-35-12-10-32;1-29-10-12-30(13-11-29)22-20(5-3-9-25-22)26-23(31)21-18-14-16(6-7-19(18)27-28-21)17-4-2-8-24-15-17;29-21(13-3-4-13)25-18-7-9-24-12-19(18)26-22(30)20-16-10-14(5-6-17(16)27-28-20)15-2-1-8-23-11-15;29-22(25-17-6-8-20(24-14-17)28-10-1-2-11-28)21-18-12-15(5-7-19(18)26-27-21)16-4-3-9-23-13-16/h3-6,13-17H,1-2,7-12H2,(H,29,34)(H,30,31);2-9,14-15H,10-13H2,1H3,(H,26,31)(H,27,28);1-2,5-13H,3-4H2,(H,26,30)(H,27,28)(H,24,25,29);3-9,12-14H,1-2,10-11H2,(H,25,29)(H,26,27). The van der Waals surface area contributed by atoms with Gasteiger partial charge in [0.2, 0.25) is 5.91 Å². The molecule has 5 fully saturated rings. The second kappa shape index (κ2) is 37.2. The van der Waals surface area contributed by atoms with Gasteiger partial charge in [0, 0.05) is 171 Å². The number of H-pyrrole nitrogens is 4. The van der Waals surface area contributed by atoms with Gasteiger partial charge in [0.25, 0.3) is 23.6 Å². The molecule has 626 valence electrons. The average molecular weight is 1670 g/mol. The molecular formula is C93H88N26O6. The van der Waals surface area contributed by atoms with Crippen molar-refractivity contribution in [2.24, 2.45) is 5.92 Å². The molecule has 32 heteroatoms. The minimum atomic E-state index is -0.389. The first-order chi connectivity index (χ1) is 61.4. The Bertz CT molecular complexity index is 6520. The SMILES string of the molecule is CN1CCN(c2ncccc2NC(=O)c2n[nH]c3ccc(-c4cccnc4)cc23)CC1.O=C(Nc1ccc(N2CCCC2)nc1)c1n[nH]c2ccc(-c3cccnc3)cc12.O=C(Nc1ccc(N2CCCC2)nc1)c1n[nH]c2ccc(-c3cncc(N4CCOCC4)c3)cc12.O=C(Nc1cnccc1NC(=O)C1CC1)c1n[nH]c2ccc(-c3cccnc3)cc12. The Labute approximate surface area is 717 Å². The maximum Gasteiger partial charge on any atom is 0.276 e. The lowest BCUT2D eigenvalue weighted by atomic mass is 10.0. The van der Waals surface area contributed by atoms with Crippen LogP contribution in [0.1, 0.15) is 80.5 Å². The highest BCUT2D eigenvalue weighted by atomic mass is 16.5. The van der Waals surface area contributed by atoms with Gasteiger partial charge in [0.1, 0.15) is 11.6 Å². The van der Waals surface area contributed by atoms with E-state index in [1.807, 2.05) is 158 Å². The van der Waals surface area contributed by atoms with Crippen LogP contribution < -0.4 is 46.2 Å². The molecule has 4 aromatic carbocycles. The zero-order valence-electron chi connectivity index (χ0n) is 68.4. The number of pyridine rings is 8. The summed E-state index contributed by atoms with van der Waals surface area (Å²) < 4.78 is 5.47. The lowest BCUT2D eigenvalue weighted by Crippen LogP contribution is -2.45. The molecule has 21 rings (SSSR count). The van der Waals surface area contributed by atoms with Crippen LogP contribution in [0.2, 0.25) is 0 Å². The number of piperazine rings is 1. The minimum Gasteiger partial charge on any atom is -0.378 e. The first-order valence-corrected chi connectivity index (χ1v) is 41.6. The Kier molecular flexibility index (Phi) is 23.9.